The van der Waals surface area contributed by atoms with Crippen molar-refractivity contribution in [2.24, 2.45) is 0 Å². The van der Waals surface area contributed by atoms with Crippen molar-refractivity contribution >= 4 is 24.3 Å². The van der Waals surface area contributed by atoms with Gasteiger partial charge in [-0.1, -0.05) is 36.8 Å². The summed E-state index contributed by atoms with van der Waals surface area (Å²) in [5.41, 5.74) is 0.991. The van der Waals surface area contributed by atoms with E-state index in [1.165, 1.54) is 7.11 Å². The Morgan fingerprint density at radius 1 is 1.32 bits per heavy atom. The molecule has 1 aromatic carbocycles. The van der Waals surface area contributed by atoms with Crippen LogP contribution in [-0.4, -0.2) is 37.6 Å². The number of halogens is 1. The Hall–Kier alpha value is -1.59. The molecule has 0 saturated carbocycles. The summed E-state index contributed by atoms with van der Waals surface area (Å²) in [4.78, 5) is 24.1. The van der Waals surface area contributed by atoms with Crippen LogP contribution in [0.5, 0.6) is 0 Å². The molecule has 0 spiro atoms. The zero-order valence-electron chi connectivity index (χ0n) is 12.7. The molecule has 1 amide bonds. The van der Waals surface area contributed by atoms with Crippen molar-refractivity contribution in [1.29, 1.82) is 0 Å². The predicted octanol–water partition coefficient (Wildman–Crippen LogP) is 1.45. The maximum atomic E-state index is 12.2. The Morgan fingerprint density at radius 3 is 2.64 bits per heavy atom. The molecule has 1 aliphatic heterocycles. The molecule has 1 heterocycles. The Morgan fingerprint density at radius 2 is 2.05 bits per heavy atom. The fourth-order valence-electron chi connectivity index (χ4n) is 2.53. The highest BCUT2D eigenvalue weighted by Crippen LogP contribution is 2.09. The zero-order valence-corrected chi connectivity index (χ0v) is 13.5. The lowest BCUT2D eigenvalue weighted by atomic mass is 10.0. The number of benzene rings is 1. The van der Waals surface area contributed by atoms with Crippen LogP contribution >= 0.6 is 12.4 Å². The maximum absolute atomic E-state index is 12.2. The van der Waals surface area contributed by atoms with E-state index in [4.69, 9.17) is 4.74 Å². The topological polar surface area (TPSA) is 67.4 Å². The number of carbonyl (C=O) groups excluding carboxylic acids is 2. The molecule has 0 aromatic heterocycles. The van der Waals surface area contributed by atoms with E-state index in [1.807, 2.05) is 30.3 Å². The van der Waals surface area contributed by atoms with Crippen molar-refractivity contribution in [3.63, 3.8) is 0 Å². The van der Waals surface area contributed by atoms with E-state index in [-0.39, 0.29) is 24.4 Å². The van der Waals surface area contributed by atoms with Crippen LogP contribution in [-0.2, 0) is 20.7 Å². The second-order valence-corrected chi connectivity index (χ2v) is 5.28. The fraction of sp³-hybridized carbons (Fsp3) is 0.500. The monoisotopic (exact) mass is 326 g/mol. The number of hydrogen-bond acceptors (Lipinski definition) is 4. The number of methoxy groups -OCH3 is 1. The second kappa shape index (κ2) is 9.43. The van der Waals surface area contributed by atoms with Crippen LogP contribution in [0.3, 0.4) is 0 Å². The Balaban J connectivity index is 0.00000242. The Labute approximate surface area is 137 Å². The number of esters is 1. The molecule has 1 aromatic rings. The summed E-state index contributed by atoms with van der Waals surface area (Å²) in [5, 5.41) is 5.99. The van der Waals surface area contributed by atoms with Gasteiger partial charge >= 0.3 is 5.97 Å². The molecule has 6 heteroatoms. The molecule has 2 N–H and O–H groups in total. The molecule has 2 rings (SSSR count). The molecule has 0 radical (unpaired) electrons. The number of carbonyl (C=O) groups is 2. The van der Waals surface area contributed by atoms with Gasteiger partial charge in [0.1, 0.15) is 6.04 Å². The van der Waals surface area contributed by atoms with E-state index in [1.54, 1.807) is 0 Å². The number of ether oxygens (including phenoxy) is 1. The third-order valence-corrected chi connectivity index (χ3v) is 3.71. The van der Waals surface area contributed by atoms with Gasteiger partial charge in [-0.15, -0.1) is 12.4 Å². The number of piperidine rings is 1. The number of rotatable bonds is 5. The van der Waals surface area contributed by atoms with Gasteiger partial charge in [0.2, 0.25) is 5.91 Å². The lowest BCUT2D eigenvalue weighted by Gasteiger charge is -2.25. The van der Waals surface area contributed by atoms with Gasteiger partial charge in [-0.3, -0.25) is 4.79 Å². The summed E-state index contributed by atoms with van der Waals surface area (Å²) in [6.45, 7) is 0.847. The molecule has 1 fully saturated rings. The predicted molar refractivity (Wildman–Crippen MR) is 87.0 cm³/mol. The van der Waals surface area contributed by atoms with Gasteiger partial charge in [0.15, 0.2) is 0 Å². The quantitative estimate of drug-likeness (QED) is 0.804. The van der Waals surface area contributed by atoms with Crippen LogP contribution in [0.1, 0.15) is 24.8 Å². The van der Waals surface area contributed by atoms with Crippen molar-refractivity contribution < 1.29 is 14.3 Å². The van der Waals surface area contributed by atoms with Crippen LogP contribution in [0.2, 0.25) is 0 Å². The van der Waals surface area contributed by atoms with Gasteiger partial charge in [0.05, 0.1) is 13.2 Å². The third-order valence-electron chi connectivity index (χ3n) is 3.71. The molecule has 0 bridgehead atoms. The SMILES string of the molecule is COC(=O)C(Cc1ccccc1)NC(=O)[C@H]1CCCCN1.Cl. The molecule has 0 aliphatic carbocycles. The summed E-state index contributed by atoms with van der Waals surface area (Å²) in [6.07, 6.45) is 3.37. The molecule has 122 valence electrons. The van der Waals surface area contributed by atoms with Crippen LogP contribution < -0.4 is 10.6 Å². The molecule has 1 saturated heterocycles. The first kappa shape index (κ1) is 18.5. The average molecular weight is 327 g/mol. The van der Waals surface area contributed by atoms with Crippen LogP contribution in [0, 0.1) is 0 Å². The second-order valence-electron chi connectivity index (χ2n) is 5.28. The van der Waals surface area contributed by atoms with Crippen molar-refractivity contribution in [3.05, 3.63) is 35.9 Å². The van der Waals surface area contributed by atoms with Gasteiger partial charge in [-0.2, -0.15) is 0 Å². The molecule has 1 aliphatic rings. The first-order valence-electron chi connectivity index (χ1n) is 7.36. The number of hydrogen-bond donors (Lipinski definition) is 2. The lowest BCUT2D eigenvalue weighted by Crippen LogP contribution is -2.52. The smallest absolute Gasteiger partial charge is 0.328 e. The lowest BCUT2D eigenvalue weighted by molar-refractivity contribution is -0.145. The zero-order chi connectivity index (χ0) is 15.1. The normalized spacial score (nSPS) is 18.7. The average Bonchev–Trinajstić information content (AvgIpc) is 2.55. The Bertz CT molecular complexity index is 476. The van der Waals surface area contributed by atoms with E-state index in [0.29, 0.717) is 6.42 Å². The van der Waals surface area contributed by atoms with Gasteiger partial charge in [-0.05, 0) is 24.9 Å². The van der Waals surface area contributed by atoms with Crippen LogP contribution in [0.15, 0.2) is 30.3 Å². The Kier molecular flexibility index (Phi) is 7.91. The number of nitrogens with one attached hydrogen (secondary N) is 2. The van der Waals surface area contributed by atoms with Crippen LogP contribution in [0.25, 0.3) is 0 Å². The van der Waals surface area contributed by atoms with E-state index in [2.05, 4.69) is 10.6 Å². The van der Waals surface area contributed by atoms with Gasteiger partial charge in [0, 0.05) is 6.42 Å². The van der Waals surface area contributed by atoms with Gasteiger partial charge in [-0.25, -0.2) is 4.79 Å². The van der Waals surface area contributed by atoms with Crippen molar-refractivity contribution in [2.45, 2.75) is 37.8 Å². The number of amides is 1. The fourth-order valence-corrected chi connectivity index (χ4v) is 2.53. The van der Waals surface area contributed by atoms with E-state index >= 15 is 0 Å². The summed E-state index contributed by atoms with van der Waals surface area (Å²) in [5.74, 6) is -0.538. The van der Waals surface area contributed by atoms with E-state index in [0.717, 1.165) is 31.4 Å². The highest BCUT2D eigenvalue weighted by Gasteiger charge is 2.27. The van der Waals surface area contributed by atoms with Gasteiger partial charge in [0.25, 0.3) is 0 Å². The minimum atomic E-state index is -0.645. The highest BCUT2D eigenvalue weighted by atomic mass is 35.5. The molecule has 2 atom stereocenters. The largest absolute Gasteiger partial charge is 0.467 e. The van der Waals surface area contributed by atoms with Crippen molar-refractivity contribution in [1.82, 2.24) is 10.6 Å². The minimum absolute atomic E-state index is 0. The van der Waals surface area contributed by atoms with E-state index in [9.17, 15) is 9.59 Å². The maximum Gasteiger partial charge on any atom is 0.328 e. The van der Waals surface area contributed by atoms with Crippen LogP contribution in [0.4, 0.5) is 0 Å². The minimum Gasteiger partial charge on any atom is -0.467 e. The van der Waals surface area contributed by atoms with E-state index < -0.39 is 12.0 Å². The summed E-state index contributed by atoms with van der Waals surface area (Å²) in [6, 6.07) is 8.75. The van der Waals surface area contributed by atoms with Gasteiger partial charge < -0.3 is 15.4 Å². The third kappa shape index (κ3) is 5.31. The molecular formula is C16H23ClN2O3. The molecule has 1 unspecified atom stereocenters. The molecule has 5 nitrogen and oxygen atoms in total. The summed E-state index contributed by atoms with van der Waals surface area (Å²) in [7, 11) is 1.34. The summed E-state index contributed by atoms with van der Waals surface area (Å²) >= 11 is 0. The first-order chi connectivity index (χ1) is 10.2. The van der Waals surface area contributed by atoms with Crippen molar-refractivity contribution in [3.8, 4) is 0 Å². The highest BCUT2D eigenvalue weighted by molar-refractivity contribution is 5.87. The van der Waals surface area contributed by atoms with Crippen molar-refractivity contribution in [2.75, 3.05) is 13.7 Å². The molecular weight excluding hydrogens is 304 g/mol. The first-order valence-corrected chi connectivity index (χ1v) is 7.36. The summed E-state index contributed by atoms with van der Waals surface area (Å²) < 4.78 is 4.80. The molecule has 22 heavy (non-hydrogen) atoms. The standard InChI is InChI=1S/C16H22N2O3.ClH/c1-21-16(20)14(11-12-7-3-2-4-8-12)18-15(19)13-9-5-6-10-17-13;/h2-4,7-8,13-14,17H,5-6,9-11H2,1H3,(H,18,19);1H/t13-,14?;/m1./s1.